The van der Waals surface area contributed by atoms with E-state index < -0.39 is 29.7 Å². The van der Waals surface area contributed by atoms with Crippen molar-refractivity contribution in [2.45, 2.75) is 76.0 Å². The number of carbonyl (C=O) groups excluding carboxylic acids is 5. The smallest absolute Gasteiger partial charge is 0.262 e. The van der Waals surface area contributed by atoms with Crippen LogP contribution >= 0.6 is 0 Å². The first-order valence-electron chi connectivity index (χ1n) is 18.2. The number of imide groups is 2. The van der Waals surface area contributed by atoms with E-state index in [-0.39, 0.29) is 42.0 Å². The fourth-order valence-corrected chi connectivity index (χ4v) is 7.10. The molecule has 5 amide bonds. The summed E-state index contributed by atoms with van der Waals surface area (Å²) in [6.07, 6.45) is 7.45. The largest absolute Gasteiger partial charge is 0.494 e. The van der Waals surface area contributed by atoms with Gasteiger partial charge in [-0.1, -0.05) is 6.07 Å². The van der Waals surface area contributed by atoms with Gasteiger partial charge in [-0.2, -0.15) is 0 Å². The highest BCUT2D eigenvalue weighted by Crippen LogP contribution is 2.34. The second kappa shape index (κ2) is 16.2. The van der Waals surface area contributed by atoms with Crippen molar-refractivity contribution in [3.05, 3.63) is 101 Å². The minimum atomic E-state index is -1.01. The predicted octanol–water partition coefficient (Wildman–Crippen LogP) is 5.93. The van der Waals surface area contributed by atoms with Crippen LogP contribution in [0.3, 0.4) is 0 Å². The van der Waals surface area contributed by atoms with Crippen molar-refractivity contribution < 1.29 is 38.2 Å². The molecule has 2 N–H and O–H groups in total. The van der Waals surface area contributed by atoms with Gasteiger partial charge >= 0.3 is 0 Å². The molecule has 13 nitrogen and oxygen atoms in total. The molecular weight excluding hydrogens is 690 g/mol. The van der Waals surface area contributed by atoms with Crippen LogP contribution in [0.5, 0.6) is 17.2 Å². The minimum absolute atomic E-state index is 0.0238. The average molecular weight is 730 g/mol. The average Bonchev–Trinajstić information content (AvgIpc) is 3.43. The number of amides is 5. The molecule has 1 aromatic heterocycles. The maximum atomic E-state index is 13.0. The van der Waals surface area contributed by atoms with Crippen molar-refractivity contribution in [3.63, 3.8) is 0 Å². The summed E-state index contributed by atoms with van der Waals surface area (Å²) in [5, 5.41) is 6.18. The third-order valence-corrected chi connectivity index (χ3v) is 9.99. The van der Waals surface area contributed by atoms with E-state index >= 15 is 0 Å². The molecule has 276 valence electrons. The highest BCUT2D eigenvalue weighted by atomic mass is 16.5. The van der Waals surface area contributed by atoms with Gasteiger partial charge in [0.05, 0.1) is 42.5 Å². The van der Waals surface area contributed by atoms with Crippen LogP contribution in [0.1, 0.15) is 88.9 Å². The molecule has 3 aromatic carbocycles. The first kappa shape index (κ1) is 36.1. The van der Waals surface area contributed by atoms with E-state index in [1.807, 2.05) is 18.2 Å². The normalized spacial score (nSPS) is 19.5. The van der Waals surface area contributed by atoms with Crippen LogP contribution in [-0.2, 0) is 9.59 Å². The first-order valence-corrected chi connectivity index (χ1v) is 18.2. The van der Waals surface area contributed by atoms with Crippen LogP contribution in [0.25, 0.3) is 15.7 Å². The van der Waals surface area contributed by atoms with E-state index in [2.05, 4.69) is 20.5 Å². The molecule has 3 aliphatic rings. The molecule has 0 bridgehead atoms. The van der Waals surface area contributed by atoms with Gasteiger partial charge in [0.1, 0.15) is 23.3 Å². The fourth-order valence-electron chi connectivity index (χ4n) is 7.10. The number of benzene rings is 3. The zero-order valence-electron chi connectivity index (χ0n) is 29.5. The molecule has 0 radical (unpaired) electrons. The topological polar surface area (TPSA) is 158 Å². The van der Waals surface area contributed by atoms with E-state index in [4.69, 9.17) is 20.8 Å². The number of fused-ring (bicyclic) bond motifs is 2. The van der Waals surface area contributed by atoms with Crippen molar-refractivity contribution in [2.75, 3.05) is 13.2 Å². The number of pyridine rings is 1. The summed E-state index contributed by atoms with van der Waals surface area (Å²) in [5.74, 6) is -0.449. The highest BCUT2D eigenvalue weighted by Gasteiger charge is 2.44. The number of nitrogens with zero attached hydrogens (tertiary/aromatic N) is 3. The zero-order chi connectivity index (χ0) is 37.6. The van der Waals surface area contributed by atoms with Gasteiger partial charge in [-0.3, -0.25) is 39.2 Å². The SMILES string of the molecule is [C-]#[N+]c1ccc(OC2CCC(NC(=O)c3ccc(OCCCCCOc4ccc5c(c4)C(=O)N(C4CCC(=O)NC4=O)C5=O)cc3)CC2)c2cccnc12. The second-order valence-electron chi connectivity index (χ2n) is 13.6. The van der Waals surface area contributed by atoms with Crippen molar-refractivity contribution in [3.8, 4) is 17.2 Å². The van der Waals surface area contributed by atoms with E-state index in [9.17, 15) is 24.0 Å². The first-order chi connectivity index (χ1) is 26.3. The molecule has 13 heteroatoms. The molecule has 2 aliphatic heterocycles. The van der Waals surface area contributed by atoms with Gasteiger partial charge in [-0.05, 0) is 112 Å². The van der Waals surface area contributed by atoms with Gasteiger partial charge in [0.25, 0.3) is 17.7 Å². The Morgan fingerprint density at radius 2 is 1.57 bits per heavy atom. The summed E-state index contributed by atoms with van der Waals surface area (Å²) in [7, 11) is 0. The minimum Gasteiger partial charge on any atom is -0.494 e. The Kier molecular flexibility index (Phi) is 10.8. The van der Waals surface area contributed by atoms with Gasteiger partial charge in [0.2, 0.25) is 17.5 Å². The zero-order valence-corrected chi connectivity index (χ0v) is 29.5. The lowest BCUT2D eigenvalue weighted by molar-refractivity contribution is -0.136. The number of ether oxygens (including phenoxy) is 3. The standard InChI is InChI=1S/C41H39N5O8/c1-42-33-17-19-35(31-6-5-21-43-37(31)33)54-28-13-9-26(10-14-28)44-38(48)25-7-11-27(12-8-25)52-22-3-2-4-23-53-29-15-16-30-32(24-29)41(51)46(40(30)50)34-18-20-36(47)45-39(34)49/h5-8,11-12,15-17,19,21,24,26,28,34H,2-4,9-10,13-14,18,20,22-23H2,(H,44,48)(H,45,47,49). The Labute approximate surface area is 311 Å². The Morgan fingerprint density at radius 1 is 0.852 bits per heavy atom. The van der Waals surface area contributed by atoms with Crippen LogP contribution in [0, 0.1) is 6.57 Å². The molecule has 7 rings (SSSR count). The van der Waals surface area contributed by atoms with Crippen molar-refractivity contribution in [1.29, 1.82) is 0 Å². The molecule has 4 aromatic rings. The van der Waals surface area contributed by atoms with Crippen LogP contribution in [-0.4, -0.2) is 70.8 Å². The predicted molar refractivity (Wildman–Crippen MR) is 197 cm³/mol. The summed E-state index contributed by atoms with van der Waals surface area (Å²) in [6, 6.07) is 18.2. The molecule has 0 spiro atoms. The number of hydrogen-bond donors (Lipinski definition) is 2. The van der Waals surface area contributed by atoms with Gasteiger partial charge in [-0.15, -0.1) is 0 Å². The van der Waals surface area contributed by atoms with Crippen molar-refractivity contribution in [2.24, 2.45) is 0 Å². The van der Waals surface area contributed by atoms with E-state index in [0.29, 0.717) is 41.5 Å². The number of piperidine rings is 1. The van der Waals surface area contributed by atoms with Gasteiger partial charge in [-0.25, -0.2) is 4.85 Å². The number of unbranched alkanes of at least 4 members (excludes halogenated alkanes) is 2. The molecule has 1 aliphatic carbocycles. The lowest BCUT2D eigenvalue weighted by atomic mass is 9.92. The van der Waals surface area contributed by atoms with Crippen LogP contribution < -0.4 is 24.8 Å². The maximum Gasteiger partial charge on any atom is 0.262 e. The third kappa shape index (κ3) is 7.88. The molecular formula is C41H39N5O8. The Morgan fingerprint density at radius 3 is 2.31 bits per heavy atom. The van der Waals surface area contributed by atoms with Crippen LogP contribution in [0.4, 0.5) is 5.69 Å². The van der Waals surface area contributed by atoms with Gasteiger partial charge < -0.3 is 19.5 Å². The van der Waals surface area contributed by atoms with Crippen LogP contribution in [0.15, 0.2) is 72.9 Å². The summed E-state index contributed by atoms with van der Waals surface area (Å²) >= 11 is 0. The Hall–Kier alpha value is -6.29. The monoisotopic (exact) mass is 729 g/mol. The van der Waals surface area contributed by atoms with E-state index in [1.54, 1.807) is 42.6 Å². The second-order valence-corrected chi connectivity index (χ2v) is 13.6. The summed E-state index contributed by atoms with van der Waals surface area (Å²) in [6.45, 7) is 8.30. The van der Waals surface area contributed by atoms with Crippen molar-refractivity contribution >= 4 is 46.1 Å². The summed E-state index contributed by atoms with van der Waals surface area (Å²) < 4.78 is 18.0. The van der Waals surface area contributed by atoms with E-state index in [1.165, 1.54) is 12.1 Å². The van der Waals surface area contributed by atoms with Crippen LogP contribution in [0.2, 0.25) is 0 Å². The fraction of sp³-hybridized carbons (Fsp3) is 0.341. The molecule has 1 saturated carbocycles. The number of rotatable bonds is 13. The van der Waals surface area contributed by atoms with Gasteiger partial charge in [0, 0.05) is 29.6 Å². The van der Waals surface area contributed by atoms with Gasteiger partial charge in [0.15, 0.2) is 0 Å². The number of aromatic nitrogens is 1. The maximum absolute atomic E-state index is 13.0. The molecule has 1 atom stereocenters. The molecule has 3 heterocycles. The number of carbonyl (C=O) groups is 5. The molecule has 1 unspecified atom stereocenters. The molecule has 1 saturated heterocycles. The quantitative estimate of drug-likeness (QED) is 0.0967. The summed E-state index contributed by atoms with van der Waals surface area (Å²) in [4.78, 5) is 71.5. The van der Waals surface area contributed by atoms with E-state index in [0.717, 1.165) is 61.0 Å². The third-order valence-electron chi connectivity index (χ3n) is 9.99. The molecule has 54 heavy (non-hydrogen) atoms. The number of hydrogen-bond acceptors (Lipinski definition) is 9. The Balaban J connectivity index is 0.787. The Bertz CT molecular complexity index is 2140. The summed E-state index contributed by atoms with van der Waals surface area (Å²) in [5.41, 5.74) is 2.10. The highest BCUT2D eigenvalue weighted by molar-refractivity contribution is 6.23. The lowest BCUT2D eigenvalue weighted by Crippen LogP contribution is -2.54. The lowest BCUT2D eigenvalue weighted by Gasteiger charge is -2.30. The number of nitrogens with one attached hydrogen (secondary N) is 2. The molecule has 2 fully saturated rings. The van der Waals surface area contributed by atoms with Crippen molar-refractivity contribution in [1.82, 2.24) is 20.5 Å².